The zero-order chi connectivity index (χ0) is 22.7. The lowest BCUT2D eigenvalue weighted by Gasteiger charge is -2.38. The van der Waals surface area contributed by atoms with E-state index in [-0.39, 0.29) is 12.0 Å². The second-order valence-electron chi connectivity index (χ2n) is 7.77. The number of halogens is 1. The average Bonchev–Trinajstić information content (AvgIpc) is 2.82. The Balaban J connectivity index is 1.73. The van der Waals surface area contributed by atoms with Gasteiger partial charge in [-0.25, -0.2) is 4.79 Å². The molecule has 0 N–H and O–H groups in total. The van der Waals surface area contributed by atoms with E-state index in [1.165, 1.54) is 18.2 Å². The van der Waals surface area contributed by atoms with Gasteiger partial charge in [0.1, 0.15) is 0 Å². The monoisotopic (exact) mass is 451 g/mol. The maximum absolute atomic E-state index is 11.8. The summed E-state index contributed by atoms with van der Waals surface area (Å²) in [5.41, 5.74) is 5.21. The molecular weight excluding hydrogens is 426 g/mol. The van der Waals surface area contributed by atoms with Crippen LogP contribution in [0.3, 0.4) is 0 Å². The molecule has 1 heterocycles. The van der Waals surface area contributed by atoms with E-state index in [4.69, 9.17) is 25.8 Å². The fraction of sp³-hybridized carbons (Fsp3) is 0.269. The van der Waals surface area contributed by atoms with Crippen LogP contribution in [0.25, 0.3) is 0 Å². The van der Waals surface area contributed by atoms with E-state index in [2.05, 4.69) is 23.1 Å². The van der Waals surface area contributed by atoms with Gasteiger partial charge in [-0.05, 0) is 65.1 Å². The van der Waals surface area contributed by atoms with Crippen LogP contribution in [0.5, 0.6) is 11.5 Å². The fourth-order valence-electron chi connectivity index (χ4n) is 4.33. The molecule has 1 aliphatic rings. The number of esters is 1. The van der Waals surface area contributed by atoms with E-state index >= 15 is 0 Å². The van der Waals surface area contributed by atoms with E-state index in [1.54, 1.807) is 26.4 Å². The first-order valence-corrected chi connectivity index (χ1v) is 10.8. The van der Waals surface area contributed by atoms with Crippen molar-refractivity contribution in [2.75, 3.05) is 27.9 Å². The van der Waals surface area contributed by atoms with Gasteiger partial charge >= 0.3 is 5.97 Å². The predicted octanol–water partition coefficient (Wildman–Crippen LogP) is 5.29. The number of benzene rings is 3. The maximum Gasteiger partial charge on any atom is 0.337 e. The van der Waals surface area contributed by atoms with Gasteiger partial charge < -0.3 is 14.2 Å². The Morgan fingerprint density at radius 3 is 2.38 bits per heavy atom. The van der Waals surface area contributed by atoms with Gasteiger partial charge in [-0.2, -0.15) is 0 Å². The SMILES string of the molecule is COC(=O)c1ccc(CN2CCc3cc(OC)c(OC)cc3[C@@H]2c2cccc(Cl)c2)cc1. The Bertz CT molecular complexity index is 1110. The first kappa shape index (κ1) is 22.2. The number of carbonyl (C=O) groups is 1. The molecule has 3 aromatic rings. The summed E-state index contributed by atoms with van der Waals surface area (Å²) in [6.45, 7) is 1.60. The number of methoxy groups -OCH3 is 3. The van der Waals surface area contributed by atoms with Gasteiger partial charge in [0.2, 0.25) is 0 Å². The molecule has 32 heavy (non-hydrogen) atoms. The molecule has 1 atom stereocenters. The van der Waals surface area contributed by atoms with Gasteiger partial charge in [-0.3, -0.25) is 4.90 Å². The number of rotatable bonds is 6. The molecule has 0 bridgehead atoms. The molecule has 0 fully saturated rings. The highest BCUT2D eigenvalue weighted by Crippen LogP contribution is 2.42. The molecule has 4 rings (SSSR count). The van der Waals surface area contributed by atoms with Crippen LogP contribution in [0, 0.1) is 0 Å². The van der Waals surface area contributed by atoms with Crippen LogP contribution in [-0.2, 0) is 17.7 Å². The number of ether oxygens (including phenoxy) is 3. The Hall–Kier alpha value is -3.02. The third-order valence-electron chi connectivity index (χ3n) is 5.90. The number of carbonyl (C=O) groups excluding carboxylic acids is 1. The topological polar surface area (TPSA) is 48.0 Å². The van der Waals surface area contributed by atoms with Crippen LogP contribution in [0.15, 0.2) is 60.7 Å². The second-order valence-corrected chi connectivity index (χ2v) is 8.21. The van der Waals surface area contributed by atoms with Crippen molar-refractivity contribution in [3.8, 4) is 11.5 Å². The summed E-state index contributed by atoms with van der Waals surface area (Å²) in [6, 6.07) is 19.7. The minimum absolute atomic E-state index is 0.0116. The summed E-state index contributed by atoms with van der Waals surface area (Å²) in [5.74, 6) is 1.12. The lowest BCUT2D eigenvalue weighted by Crippen LogP contribution is -2.35. The molecule has 0 amide bonds. The van der Waals surface area contributed by atoms with E-state index < -0.39 is 0 Å². The van der Waals surface area contributed by atoms with E-state index in [9.17, 15) is 4.79 Å². The van der Waals surface area contributed by atoms with Crippen LogP contribution in [0.1, 0.15) is 38.7 Å². The van der Waals surface area contributed by atoms with Crippen molar-refractivity contribution in [1.82, 2.24) is 4.90 Å². The normalized spacial score (nSPS) is 15.7. The molecule has 1 aliphatic heterocycles. The van der Waals surface area contributed by atoms with Crippen molar-refractivity contribution in [3.05, 3.63) is 93.5 Å². The highest BCUT2D eigenvalue weighted by molar-refractivity contribution is 6.30. The molecule has 0 saturated heterocycles. The van der Waals surface area contributed by atoms with Gasteiger partial charge in [0, 0.05) is 18.1 Å². The lowest BCUT2D eigenvalue weighted by molar-refractivity contribution is 0.0600. The number of fused-ring (bicyclic) bond motifs is 1. The molecule has 0 aromatic heterocycles. The molecule has 0 aliphatic carbocycles. The quantitative estimate of drug-likeness (QED) is 0.476. The second kappa shape index (κ2) is 9.63. The van der Waals surface area contributed by atoms with Crippen LogP contribution in [0.4, 0.5) is 0 Å². The van der Waals surface area contributed by atoms with E-state index in [0.29, 0.717) is 16.3 Å². The highest BCUT2D eigenvalue weighted by Gasteiger charge is 2.30. The number of nitrogens with zero attached hydrogens (tertiary/aromatic N) is 1. The minimum atomic E-state index is -0.332. The minimum Gasteiger partial charge on any atom is -0.493 e. The maximum atomic E-state index is 11.8. The zero-order valence-electron chi connectivity index (χ0n) is 18.4. The molecule has 166 valence electrons. The van der Waals surface area contributed by atoms with Gasteiger partial charge in [0.15, 0.2) is 11.5 Å². The Kier molecular flexibility index (Phi) is 6.68. The van der Waals surface area contributed by atoms with Gasteiger partial charge in [0.05, 0.1) is 32.9 Å². The van der Waals surface area contributed by atoms with Crippen LogP contribution >= 0.6 is 11.6 Å². The Morgan fingerprint density at radius 2 is 1.72 bits per heavy atom. The summed E-state index contributed by atoms with van der Waals surface area (Å²) in [4.78, 5) is 14.2. The molecule has 0 unspecified atom stereocenters. The predicted molar refractivity (Wildman–Crippen MR) is 125 cm³/mol. The smallest absolute Gasteiger partial charge is 0.337 e. The van der Waals surface area contributed by atoms with Crippen molar-refractivity contribution in [1.29, 1.82) is 0 Å². The van der Waals surface area contributed by atoms with E-state index in [0.717, 1.165) is 36.4 Å². The number of hydrogen-bond acceptors (Lipinski definition) is 5. The van der Waals surface area contributed by atoms with Crippen molar-refractivity contribution in [2.45, 2.75) is 19.0 Å². The molecular formula is C26H26ClNO4. The van der Waals surface area contributed by atoms with Crippen molar-refractivity contribution >= 4 is 17.6 Å². The van der Waals surface area contributed by atoms with Crippen LogP contribution in [0.2, 0.25) is 5.02 Å². The van der Waals surface area contributed by atoms with Gasteiger partial charge in [-0.15, -0.1) is 0 Å². The Labute approximate surface area is 193 Å². The van der Waals surface area contributed by atoms with Crippen molar-refractivity contribution in [2.24, 2.45) is 0 Å². The van der Waals surface area contributed by atoms with Gasteiger partial charge in [-0.1, -0.05) is 35.9 Å². The molecule has 3 aromatic carbocycles. The molecule has 0 saturated carbocycles. The summed E-state index contributed by atoms with van der Waals surface area (Å²) in [6.07, 6.45) is 0.896. The summed E-state index contributed by atoms with van der Waals surface area (Å²) < 4.78 is 15.9. The largest absolute Gasteiger partial charge is 0.493 e. The highest BCUT2D eigenvalue weighted by atomic mass is 35.5. The zero-order valence-corrected chi connectivity index (χ0v) is 19.2. The lowest BCUT2D eigenvalue weighted by atomic mass is 9.87. The summed E-state index contributed by atoms with van der Waals surface area (Å²) in [5, 5.41) is 0.706. The van der Waals surface area contributed by atoms with Crippen molar-refractivity contribution < 1.29 is 19.0 Å². The van der Waals surface area contributed by atoms with E-state index in [1.807, 2.05) is 30.3 Å². The third-order valence-corrected chi connectivity index (χ3v) is 6.13. The molecule has 0 spiro atoms. The summed E-state index contributed by atoms with van der Waals surface area (Å²) >= 11 is 6.36. The summed E-state index contributed by atoms with van der Waals surface area (Å²) in [7, 11) is 4.70. The van der Waals surface area contributed by atoms with Crippen LogP contribution < -0.4 is 9.47 Å². The molecule has 0 radical (unpaired) electrons. The fourth-order valence-corrected chi connectivity index (χ4v) is 4.53. The average molecular weight is 452 g/mol. The first-order chi connectivity index (χ1) is 15.5. The first-order valence-electron chi connectivity index (χ1n) is 10.5. The number of hydrogen-bond donors (Lipinski definition) is 0. The van der Waals surface area contributed by atoms with Gasteiger partial charge in [0.25, 0.3) is 0 Å². The molecule has 5 nitrogen and oxygen atoms in total. The molecule has 6 heteroatoms. The third kappa shape index (κ3) is 4.45. The van der Waals surface area contributed by atoms with Crippen molar-refractivity contribution in [3.63, 3.8) is 0 Å². The standard InChI is InChI=1S/C26H26ClNO4/c1-30-23-14-19-11-12-28(16-17-7-9-18(10-8-17)26(29)32-3)25(22(19)15-24(23)31-2)20-5-4-6-21(27)13-20/h4-10,13-15,25H,11-12,16H2,1-3H3/t25-/m0/s1. The Morgan fingerprint density at radius 1 is 1.00 bits per heavy atom. The van der Waals surface area contributed by atoms with Crippen LogP contribution in [-0.4, -0.2) is 38.7 Å².